The van der Waals surface area contributed by atoms with Crippen LogP contribution in [0.25, 0.3) is 11.3 Å². The fourth-order valence-corrected chi connectivity index (χ4v) is 3.39. The third-order valence-corrected chi connectivity index (χ3v) is 4.50. The van der Waals surface area contributed by atoms with Crippen LogP contribution in [0.5, 0.6) is 0 Å². The number of oxazole rings is 1. The second-order valence-corrected chi connectivity index (χ2v) is 6.39. The van der Waals surface area contributed by atoms with Crippen molar-refractivity contribution >= 4 is 11.9 Å². The smallest absolute Gasteiger partial charge is 0.325 e. The minimum Gasteiger partial charge on any atom is -0.439 e. The molecule has 0 aliphatic carbocycles. The first kappa shape index (κ1) is 17.2. The fraction of sp³-hybridized carbons (Fsp3) is 0.421. The first-order valence-electron chi connectivity index (χ1n) is 8.74. The Morgan fingerprint density at radius 1 is 1.12 bits per heavy atom. The predicted molar refractivity (Wildman–Crippen MR) is 93.6 cm³/mol. The van der Waals surface area contributed by atoms with Crippen molar-refractivity contribution in [3.05, 3.63) is 42.4 Å². The molecular formula is C19H23N3O3. The Morgan fingerprint density at radius 3 is 2.44 bits per heavy atom. The zero-order valence-corrected chi connectivity index (χ0v) is 14.6. The van der Waals surface area contributed by atoms with E-state index in [2.05, 4.69) is 10.3 Å². The Kier molecular flexibility index (Phi) is 4.88. The molecule has 1 aliphatic rings. The number of imide groups is 1. The summed E-state index contributed by atoms with van der Waals surface area (Å²) in [6.07, 6.45) is 4.56. The minimum atomic E-state index is -0.782. The van der Waals surface area contributed by atoms with Gasteiger partial charge in [-0.15, -0.1) is 0 Å². The van der Waals surface area contributed by atoms with Crippen LogP contribution in [-0.2, 0) is 11.3 Å². The number of amides is 3. The van der Waals surface area contributed by atoms with Crippen molar-refractivity contribution in [1.29, 1.82) is 0 Å². The van der Waals surface area contributed by atoms with Gasteiger partial charge < -0.3 is 9.73 Å². The topological polar surface area (TPSA) is 75.4 Å². The summed E-state index contributed by atoms with van der Waals surface area (Å²) in [6.45, 7) is 4.08. The molecule has 1 aromatic carbocycles. The lowest BCUT2D eigenvalue weighted by Gasteiger charge is -2.25. The third kappa shape index (κ3) is 3.29. The summed E-state index contributed by atoms with van der Waals surface area (Å²) < 4.78 is 5.73. The molecule has 0 atom stereocenters. The monoisotopic (exact) mass is 341 g/mol. The van der Waals surface area contributed by atoms with Crippen LogP contribution >= 0.6 is 0 Å². The first-order valence-corrected chi connectivity index (χ1v) is 8.74. The van der Waals surface area contributed by atoms with Crippen LogP contribution in [0.15, 0.2) is 40.9 Å². The molecule has 0 radical (unpaired) electrons. The zero-order chi connectivity index (χ0) is 17.9. The average Bonchev–Trinajstić information content (AvgIpc) is 3.16. The van der Waals surface area contributed by atoms with Crippen molar-refractivity contribution in [2.45, 2.75) is 51.6 Å². The van der Waals surface area contributed by atoms with Gasteiger partial charge in [0.15, 0.2) is 5.76 Å². The Bertz CT molecular complexity index is 748. The summed E-state index contributed by atoms with van der Waals surface area (Å²) in [5.41, 5.74) is 0.125. The Balaban J connectivity index is 1.78. The van der Waals surface area contributed by atoms with Gasteiger partial charge in [0.2, 0.25) is 5.89 Å². The molecule has 0 bridgehead atoms. The number of carbonyl (C=O) groups excluding carboxylic acids is 2. The van der Waals surface area contributed by atoms with E-state index in [0.717, 1.165) is 18.4 Å². The quantitative estimate of drug-likeness (QED) is 0.779. The Hall–Kier alpha value is -2.63. The molecular weight excluding hydrogens is 318 g/mol. The second-order valence-electron chi connectivity index (χ2n) is 6.39. The number of urea groups is 1. The van der Waals surface area contributed by atoms with Gasteiger partial charge in [-0.05, 0) is 12.8 Å². The summed E-state index contributed by atoms with van der Waals surface area (Å²) in [4.78, 5) is 30.7. The maximum atomic E-state index is 12.9. The molecule has 1 aliphatic heterocycles. The van der Waals surface area contributed by atoms with Crippen molar-refractivity contribution in [3.63, 3.8) is 0 Å². The highest BCUT2D eigenvalue weighted by Crippen LogP contribution is 2.29. The molecule has 3 amide bonds. The first-order chi connectivity index (χ1) is 12.1. The molecule has 3 rings (SSSR count). The van der Waals surface area contributed by atoms with Gasteiger partial charge in [0, 0.05) is 5.56 Å². The van der Waals surface area contributed by atoms with E-state index < -0.39 is 5.54 Å². The highest BCUT2D eigenvalue weighted by atomic mass is 16.4. The molecule has 1 N–H and O–H groups in total. The van der Waals surface area contributed by atoms with E-state index in [9.17, 15) is 9.59 Å². The number of carbonyl (C=O) groups is 2. The lowest BCUT2D eigenvalue weighted by atomic mass is 9.88. The molecule has 2 heterocycles. The van der Waals surface area contributed by atoms with Crippen molar-refractivity contribution < 1.29 is 14.0 Å². The molecule has 1 aromatic heterocycles. The molecule has 132 valence electrons. The van der Waals surface area contributed by atoms with Gasteiger partial charge in [0.25, 0.3) is 5.91 Å². The standard InChI is InChI=1S/C19H23N3O3/c1-3-10-19(11-4-2)17(23)22(18(24)21-19)13-16-20-12-15(25-16)14-8-6-5-7-9-14/h5-9,12H,3-4,10-11,13H2,1-2H3,(H,21,24). The number of nitrogens with zero attached hydrogens (tertiary/aromatic N) is 2. The molecule has 0 spiro atoms. The van der Waals surface area contributed by atoms with Crippen LogP contribution in [0.3, 0.4) is 0 Å². The van der Waals surface area contributed by atoms with Gasteiger partial charge >= 0.3 is 6.03 Å². The van der Waals surface area contributed by atoms with E-state index in [0.29, 0.717) is 24.5 Å². The fourth-order valence-electron chi connectivity index (χ4n) is 3.39. The molecule has 1 fully saturated rings. The Labute approximate surface area is 147 Å². The van der Waals surface area contributed by atoms with E-state index >= 15 is 0 Å². The van der Waals surface area contributed by atoms with E-state index in [1.165, 1.54) is 4.90 Å². The summed E-state index contributed by atoms with van der Waals surface area (Å²) >= 11 is 0. The number of aromatic nitrogens is 1. The van der Waals surface area contributed by atoms with Crippen molar-refractivity contribution in [2.24, 2.45) is 0 Å². The molecule has 25 heavy (non-hydrogen) atoms. The summed E-state index contributed by atoms with van der Waals surface area (Å²) in [7, 11) is 0. The van der Waals surface area contributed by atoms with Gasteiger partial charge in [-0.3, -0.25) is 9.69 Å². The summed E-state index contributed by atoms with van der Waals surface area (Å²) in [5.74, 6) is 0.794. The zero-order valence-electron chi connectivity index (χ0n) is 14.6. The number of hydrogen-bond acceptors (Lipinski definition) is 4. The predicted octanol–water partition coefficient (Wildman–Crippen LogP) is 3.73. The molecule has 0 unspecified atom stereocenters. The molecule has 1 saturated heterocycles. The van der Waals surface area contributed by atoms with E-state index in [-0.39, 0.29) is 18.5 Å². The molecule has 6 nitrogen and oxygen atoms in total. The highest BCUT2D eigenvalue weighted by Gasteiger charge is 2.50. The summed E-state index contributed by atoms with van der Waals surface area (Å²) in [6, 6.07) is 9.23. The van der Waals surface area contributed by atoms with Crippen LogP contribution in [0.2, 0.25) is 0 Å². The number of rotatable bonds is 7. The van der Waals surface area contributed by atoms with E-state index in [4.69, 9.17) is 4.42 Å². The van der Waals surface area contributed by atoms with Crippen LogP contribution < -0.4 is 5.32 Å². The minimum absolute atomic E-state index is 0.0483. The largest absolute Gasteiger partial charge is 0.439 e. The van der Waals surface area contributed by atoms with Gasteiger partial charge in [0.1, 0.15) is 12.1 Å². The van der Waals surface area contributed by atoms with E-state index in [1.807, 2.05) is 44.2 Å². The highest BCUT2D eigenvalue weighted by molar-refractivity contribution is 6.06. The maximum Gasteiger partial charge on any atom is 0.325 e. The van der Waals surface area contributed by atoms with Crippen LogP contribution in [0, 0.1) is 0 Å². The normalized spacial score (nSPS) is 16.3. The van der Waals surface area contributed by atoms with Crippen molar-refractivity contribution in [2.75, 3.05) is 0 Å². The number of nitrogens with one attached hydrogen (secondary N) is 1. The lowest BCUT2D eigenvalue weighted by molar-refractivity contribution is -0.132. The second kappa shape index (κ2) is 7.09. The van der Waals surface area contributed by atoms with Crippen LogP contribution in [0.1, 0.15) is 45.4 Å². The molecule has 0 saturated carbocycles. The van der Waals surface area contributed by atoms with Crippen molar-refractivity contribution in [1.82, 2.24) is 15.2 Å². The molecule has 2 aromatic rings. The summed E-state index contributed by atoms with van der Waals surface area (Å²) in [5, 5.41) is 2.90. The Morgan fingerprint density at radius 2 is 1.80 bits per heavy atom. The van der Waals surface area contributed by atoms with Gasteiger partial charge in [-0.2, -0.15) is 0 Å². The molecule has 6 heteroatoms. The lowest BCUT2D eigenvalue weighted by Crippen LogP contribution is -2.46. The number of hydrogen-bond donors (Lipinski definition) is 1. The van der Waals surface area contributed by atoms with Crippen LogP contribution in [-0.4, -0.2) is 27.4 Å². The van der Waals surface area contributed by atoms with Gasteiger partial charge in [-0.25, -0.2) is 9.78 Å². The van der Waals surface area contributed by atoms with Crippen molar-refractivity contribution in [3.8, 4) is 11.3 Å². The average molecular weight is 341 g/mol. The van der Waals surface area contributed by atoms with Crippen LogP contribution in [0.4, 0.5) is 4.79 Å². The van der Waals surface area contributed by atoms with Gasteiger partial charge in [0.05, 0.1) is 6.20 Å². The number of benzene rings is 1. The van der Waals surface area contributed by atoms with E-state index in [1.54, 1.807) is 6.20 Å². The maximum absolute atomic E-state index is 12.9. The SMILES string of the molecule is CCCC1(CCC)NC(=O)N(Cc2ncc(-c3ccccc3)o2)C1=O. The third-order valence-electron chi connectivity index (χ3n) is 4.50. The van der Waals surface area contributed by atoms with Gasteiger partial charge in [-0.1, -0.05) is 57.0 Å².